The van der Waals surface area contributed by atoms with Gasteiger partial charge in [-0.2, -0.15) is 0 Å². The second kappa shape index (κ2) is 5.17. The fraction of sp³-hybridized carbons (Fsp3) is 0.462. The first kappa shape index (κ1) is 13.5. The molecule has 0 aliphatic heterocycles. The van der Waals surface area contributed by atoms with E-state index in [0.717, 1.165) is 0 Å². The van der Waals surface area contributed by atoms with Crippen LogP contribution in [0, 0.1) is 18.2 Å². The Morgan fingerprint density at radius 2 is 2.12 bits per heavy atom. The van der Waals surface area contributed by atoms with Crippen LogP contribution in [0.2, 0.25) is 0 Å². The standard InChI is InChI=1S/C13H18FNO2/c1-9-10(14)6-5-7-11(9)15-8-13(2,3)12(16)17-4/h5-7,15H,8H2,1-4H3. The first-order valence-corrected chi connectivity index (χ1v) is 5.46. The summed E-state index contributed by atoms with van der Waals surface area (Å²) in [6, 6.07) is 4.83. The zero-order valence-electron chi connectivity index (χ0n) is 10.6. The summed E-state index contributed by atoms with van der Waals surface area (Å²) < 4.78 is 18.0. The highest BCUT2D eigenvalue weighted by Gasteiger charge is 2.28. The lowest BCUT2D eigenvalue weighted by Gasteiger charge is -2.23. The number of carbonyl (C=O) groups excluding carboxylic acids is 1. The van der Waals surface area contributed by atoms with Crippen molar-refractivity contribution in [3.8, 4) is 0 Å². The highest BCUT2D eigenvalue weighted by molar-refractivity contribution is 5.76. The van der Waals surface area contributed by atoms with Crippen molar-refractivity contribution in [2.75, 3.05) is 19.0 Å². The SMILES string of the molecule is COC(=O)C(C)(C)CNc1cccc(F)c1C. The third-order valence-electron chi connectivity index (χ3n) is 2.73. The molecule has 0 amide bonds. The largest absolute Gasteiger partial charge is 0.469 e. The summed E-state index contributed by atoms with van der Waals surface area (Å²) in [5.41, 5.74) is 0.600. The van der Waals surface area contributed by atoms with Crippen molar-refractivity contribution in [1.82, 2.24) is 0 Å². The summed E-state index contributed by atoms with van der Waals surface area (Å²) in [5.74, 6) is -0.551. The zero-order chi connectivity index (χ0) is 13.1. The number of benzene rings is 1. The number of hydrogen-bond acceptors (Lipinski definition) is 3. The Labute approximate surface area is 101 Å². The van der Waals surface area contributed by atoms with Crippen molar-refractivity contribution in [1.29, 1.82) is 0 Å². The molecular weight excluding hydrogens is 221 g/mol. The fourth-order valence-corrected chi connectivity index (χ4v) is 1.46. The van der Waals surface area contributed by atoms with E-state index in [1.54, 1.807) is 32.9 Å². The molecule has 3 nitrogen and oxygen atoms in total. The van der Waals surface area contributed by atoms with Crippen LogP contribution in [-0.2, 0) is 9.53 Å². The Balaban J connectivity index is 2.74. The van der Waals surface area contributed by atoms with Crippen LogP contribution in [0.25, 0.3) is 0 Å². The number of anilines is 1. The Morgan fingerprint density at radius 3 is 2.71 bits per heavy atom. The maximum absolute atomic E-state index is 13.3. The van der Waals surface area contributed by atoms with Crippen LogP contribution in [0.1, 0.15) is 19.4 Å². The molecule has 0 unspecified atom stereocenters. The number of esters is 1. The van der Waals surface area contributed by atoms with Crippen LogP contribution < -0.4 is 5.32 Å². The van der Waals surface area contributed by atoms with E-state index >= 15 is 0 Å². The molecule has 1 rings (SSSR count). The minimum absolute atomic E-state index is 0.258. The molecule has 17 heavy (non-hydrogen) atoms. The lowest BCUT2D eigenvalue weighted by Crippen LogP contribution is -2.33. The number of rotatable bonds is 4. The van der Waals surface area contributed by atoms with Gasteiger partial charge in [0.05, 0.1) is 12.5 Å². The Kier molecular flexibility index (Phi) is 4.10. The van der Waals surface area contributed by atoms with E-state index in [2.05, 4.69) is 5.32 Å². The van der Waals surface area contributed by atoms with E-state index < -0.39 is 5.41 Å². The van der Waals surface area contributed by atoms with Gasteiger partial charge >= 0.3 is 5.97 Å². The number of hydrogen-bond donors (Lipinski definition) is 1. The van der Waals surface area contributed by atoms with Crippen LogP contribution in [0.5, 0.6) is 0 Å². The molecule has 94 valence electrons. The molecule has 0 bridgehead atoms. The fourth-order valence-electron chi connectivity index (χ4n) is 1.46. The van der Waals surface area contributed by atoms with E-state index in [0.29, 0.717) is 17.8 Å². The van der Waals surface area contributed by atoms with Gasteiger partial charge in [-0.15, -0.1) is 0 Å². The molecule has 0 heterocycles. The van der Waals surface area contributed by atoms with Crippen molar-refractivity contribution in [2.45, 2.75) is 20.8 Å². The van der Waals surface area contributed by atoms with Crippen molar-refractivity contribution in [2.24, 2.45) is 5.41 Å². The molecule has 4 heteroatoms. The molecule has 0 atom stereocenters. The molecule has 0 aliphatic carbocycles. The van der Waals surface area contributed by atoms with Crippen LogP contribution in [0.3, 0.4) is 0 Å². The summed E-state index contributed by atoms with van der Waals surface area (Å²) in [6.07, 6.45) is 0. The molecule has 0 radical (unpaired) electrons. The molecular formula is C13H18FNO2. The van der Waals surface area contributed by atoms with Crippen LogP contribution >= 0.6 is 0 Å². The van der Waals surface area contributed by atoms with E-state index in [1.165, 1.54) is 13.2 Å². The van der Waals surface area contributed by atoms with Gasteiger partial charge < -0.3 is 10.1 Å². The van der Waals surface area contributed by atoms with Gasteiger partial charge in [-0.05, 0) is 32.9 Å². The molecule has 0 saturated heterocycles. The number of carbonyl (C=O) groups is 1. The topological polar surface area (TPSA) is 38.3 Å². The zero-order valence-corrected chi connectivity index (χ0v) is 10.6. The summed E-state index contributed by atoms with van der Waals surface area (Å²) in [7, 11) is 1.36. The van der Waals surface area contributed by atoms with Crippen LogP contribution in [-0.4, -0.2) is 19.6 Å². The molecule has 0 spiro atoms. The molecule has 1 N–H and O–H groups in total. The maximum atomic E-state index is 13.3. The Hall–Kier alpha value is -1.58. The van der Waals surface area contributed by atoms with Crippen molar-refractivity contribution in [3.63, 3.8) is 0 Å². The average Bonchev–Trinajstić information content (AvgIpc) is 2.30. The van der Waals surface area contributed by atoms with Gasteiger partial charge in [0.25, 0.3) is 0 Å². The van der Waals surface area contributed by atoms with Crippen molar-refractivity contribution < 1.29 is 13.9 Å². The number of nitrogens with one attached hydrogen (secondary N) is 1. The summed E-state index contributed by atoms with van der Waals surface area (Å²) >= 11 is 0. The quantitative estimate of drug-likeness (QED) is 0.821. The van der Waals surface area contributed by atoms with Crippen LogP contribution in [0.4, 0.5) is 10.1 Å². The van der Waals surface area contributed by atoms with Crippen molar-refractivity contribution >= 4 is 11.7 Å². The van der Waals surface area contributed by atoms with E-state index in [9.17, 15) is 9.18 Å². The van der Waals surface area contributed by atoms with E-state index in [1.807, 2.05) is 0 Å². The second-order valence-electron chi connectivity index (χ2n) is 4.64. The third kappa shape index (κ3) is 3.19. The van der Waals surface area contributed by atoms with Crippen molar-refractivity contribution in [3.05, 3.63) is 29.6 Å². The minimum Gasteiger partial charge on any atom is -0.469 e. The molecule has 0 saturated carbocycles. The summed E-state index contributed by atoms with van der Waals surface area (Å²) in [6.45, 7) is 5.65. The molecule has 0 fully saturated rings. The van der Waals surface area contributed by atoms with Gasteiger partial charge in [-0.25, -0.2) is 4.39 Å². The lowest BCUT2D eigenvalue weighted by atomic mass is 9.93. The number of methoxy groups -OCH3 is 1. The second-order valence-corrected chi connectivity index (χ2v) is 4.64. The molecule has 1 aromatic carbocycles. The maximum Gasteiger partial charge on any atom is 0.313 e. The summed E-state index contributed by atoms with van der Waals surface area (Å²) in [4.78, 5) is 11.5. The molecule has 0 aromatic heterocycles. The predicted octanol–water partition coefficient (Wildman–Crippen LogP) is 2.75. The summed E-state index contributed by atoms with van der Waals surface area (Å²) in [5, 5.41) is 3.07. The van der Waals surface area contributed by atoms with E-state index in [4.69, 9.17) is 4.74 Å². The van der Waals surface area contributed by atoms with Crippen LogP contribution in [0.15, 0.2) is 18.2 Å². The Morgan fingerprint density at radius 1 is 1.47 bits per heavy atom. The highest BCUT2D eigenvalue weighted by atomic mass is 19.1. The monoisotopic (exact) mass is 239 g/mol. The predicted molar refractivity (Wildman–Crippen MR) is 65.4 cm³/mol. The minimum atomic E-state index is -0.645. The smallest absolute Gasteiger partial charge is 0.313 e. The number of halogens is 1. The molecule has 1 aromatic rings. The average molecular weight is 239 g/mol. The van der Waals surface area contributed by atoms with Gasteiger partial charge in [0.2, 0.25) is 0 Å². The first-order chi connectivity index (χ1) is 7.88. The van der Waals surface area contributed by atoms with Gasteiger partial charge in [0, 0.05) is 17.8 Å². The van der Waals surface area contributed by atoms with Gasteiger partial charge in [-0.1, -0.05) is 6.07 Å². The van der Waals surface area contributed by atoms with E-state index in [-0.39, 0.29) is 11.8 Å². The third-order valence-corrected chi connectivity index (χ3v) is 2.73. The van der Waals surface area contributed by atoms with Gasteiger partial charge in [-0.3, -0.25) is 4.79 Å². The Bertz CT molecular complexity index is 416. The lowest BCUT2D eigenvalue weighted by molar-refractivity contribution is -0.149. The highest BCUT2D eigenvalue weighted by Crippen LogP contribution is 2.22. The number of ether oxygens (including phenoxy) is 1. The first-order valence-electron chi connectivity index (χ1n) is 5.46. The molecule has 0 aliphatic rings. The van der Waals surface area contributed by atoms with Gasteiger partial charge in [0.15, 0.2) is 0 Å². The van der Waals surface area contributed by atoms with Gasteiger partial charge in [0.1, 0.15) is 5.82 Å². The normalized spacial score (nSPS) is 11.1.